The molecule has 0 heterocycles. The molecule has 0 saturated heterocycles. The van der Waals surface area contributed by atoms with E-state index < -0.39 is 0 Å². The lowest BCUT2D eigenvalue weighted by Crippen LogP contribution is -2.06. The van der Waals surface area contributed by atoms with Crippen LogP contribution in [0.4, 0.5) is 0 Å². The van der Waals surface area contributed by atoms with Gasteiger partial charge in [0.25, 0.3) is 0 Å². The summed E-state index contributed by atoms with van der Waals surface area (Å²) in [6.07, 6.45) is 2.11. The van der Waals surface area contributed by atoms with E-state index in [1.165, 1.54) is 11.1 Å². The molecular formula is C19H18O. The minimum atomic E-state index is 0.288. The second kappa shape index (κ2) is 4.59. The van der Waals surface area contributed by atoms with Gasteiger partial charge in [0, 0.05) is 11.8 Å². The predicted octanol–water partition coefficient (Wildman–Crippen LogP) is 4.16. The van der Waals surface area contributed by atoms with Gasteiger partial charge in [0.05, 0.1) is 0 Å². The summed E-state index contributed by atoms with van der Waals surface area (Å²) >= 11 is 0. The second-order valence-corrected chi connectivity index (χ2v) is 6.12. The topological polar surface area (TPSA) is 17.1 Å². The lowest BCUT2D eigenvalue weighted by Gasteiger charge is -2.01. The van der Waals surface area contributed by atoms with E-state index in [1.54, 1.807) is 0 Å². The molecule has 2 aliphatic carbocycles. The van der Waals surface area contributed by atoms with Crippen LogP contribution in [0.15, 0.2) is 60.7 Å². The highest BCUT2D eigenvalue weighted by Gasteiger charge is 2.53. The van der Waals surface area contributed by atoms with Gasteiger partial charge in [-0.15, -0.1) is 0 Å². The van der Waals surface area contributed by atoms with E-state index in [4.69, 9.17) is 0 Å². The second-order valence-electron chi connectivity index (χ2n) is 6.12. The third kappa shape index (κ3) is 2.07. The maximum absolute atomic E-state index is 12.5. The quantitative estimate of drug-likeness (QED) is 0.808. The number of hydrogen-bond acceptors (Lipinski definition) is 1. The fourth-order valence-corrected chi connectivity index (χ4v) is 3.43. The van der Waals surface area contributed by atoms with Crippen molar-refractivity contribution < 1.29 is 4.79 Å². The van der Waals surface area contributed by atoms with Crippen LogP contribution < -0.4 is 0 Å². The molecule has 2 aliphatic rings. The van der Waals surface area contributed by atoms with Gasteiger partial charge in [0.15, 0.2) is 0 Å². The van der Waals surface area contributed by atoms with Crippen LogP contribution in [0.1, 0.15) is 35.8 Å². The molecule has 4 rings (SSSR count). The smallest absolute Gasteiger partial charge is 0.140 e. The Kier molecular flexibility index (Phi) is 2.73. The first-order chi connectivity index (χ1) is 9.84. The largest absolute Gasteiger partial charge is 0.299 e. The van der Waals surface area contributed by atoms with E-state index in [0.717, 1.165) is 12.8 Å². The molecule has 0 amide bonds. The summed E-state index contributed by atoms with van der Waals surface area (Å²) in [5.41, 5.74) is 2.67. The molecule has 100 valence electrons. The summed E-state index contributed by atoms with van der Waals surface area (Å²) in [5.74, 6) is 2.06. The molecule has 0 radical (unpaired) electrons. The average Bonchev–Trinajstić information content (AvgIpc) is 3.40. The Morgan fingerprint density at radius 1 is 0.700 bits per heavy atom. The first kappa shape index (κ1) is 11.9. The first-order valence-corrected chi connectivity index (χ1v) is 7.48. The molecule has 0 aliphatic heterocycles. The highest BCUT2D eigenvalue weighted by atomic mass is 16.1. The molecule has 2 saturated carbocycles. The predicted molar refractivity (Wildman–Crippen MR) is 79.6 cm³/mol. The van der Waals surface area contributed by atoms with E-state index in [1.807, 2.05) is 12.1 Å². The van der Waals surface area contributed by atoms with Crippen molar-refractivity contribution in [3.05, 3.63) is 71.8 Å². The summed E-state index contributed by atoms with van der Waals surface area (Å²) in [6, 6.07) is 21.0. The molecule has 0 N–H and O–H groups in total. The van der Waals surface area contributed by atoms with Crippen molar-refractivity contribution in [3.63, 3.8) is 0 Å². The first-order valence-electron chi connectivity index (χ1n) is 7.48. The maximum atomic E-state index is 12.5. The van der Waals surface area contributed by atoms with Crippen molar-refractivity contribution in [2.24, 2.45) is 11.8 Å². The Bertz CT molecular complexity index is 561. The van der Waals surface area contributed by atoms with Crippen molar-refractivity contribution in [2.45, 2.75) is 24.7 Å². The molecule has 0 spiro atoms. The molecule has 0 aromatic heterocycles. The highest BCUT2D eigenvalue weighted by molar-refractivity contribution is 5.90. The molecular weight excluding hydrogens is 244 g/mol. The van der Waals surface area contributed by atoms with Crippen LogP contribution in [0.5, 0.6) is 0 Å². The number of rotatable bonds is 4. The number of carbonyl (C=O) groups excluding carboxylic acids is 1. The Hall–Kier alpha value is -1.89. The van der Waals surface area contributed by atoms with E-state index in [0.29, 0.717) is 17.6 Å². The van der Waals surface area contributed by atoms with E-state index in [9.17, 15) is 4.79 Å². The van der Waals surface area contributed by atoms with Crippen LogP contribution in [0, 0.1) is 11.8 Å². The Morgan fingerprint density at radius 2 is 1.10 bits per heavy atom. The molecule has 2 aromatic carbocycles. The summed E-state index contributed by atoms with van der Waals surface area (Å²) in [7, 11) is 0. The summed E-state index contributed by atoms with van der Waals surface area (Å²) in [6.45, 7) is 0. The van der Waals surface area contributed by atoms with Crippen LogP contribution in [-0.2, 0) is 4.79 Å². The lowest BCUT2D eigenvalue weighted by molar-refractivity contribution is -0.121. The van der Waals surface area contributed by atoms with Gasteiger partial charge in [-0.3, -0.25) is 4.79 Å². The molecule has 2 fully saturated rings. The van der Waals surface area contributed by atoms with Gasteiger partial charge in [-0.1, -0.05) is 60.7 Å². The number of ketones is 1. The standard InChI is InChI=1S/C19H18O/c20-19(17-11-15(17)13-7-3-1-4-8-13)18-12-16(18)14-9-5-2-6-10-14/h1-10,15-18H,11-12H2/t15-,16-,17+,18+/m1/s1. The zero-order valence-electron chi connectivity index (χ0n) is 11.4. The molecule has 20 heavy (non-hydrogen) atoms. The highest BCUT2D eigenvalue weighted by Crippen LogP contribution is 2.56. The molecule has 0 bridgehead atoms. The fraction of sp³-hybridized carbons (Fsp3) is 0.316. The summed E-state index contributed by atoms with van der Waals surface area (Å²) in [5, 5.41) is 0. The van der Waals surface area contributed by atoms with Crippen molar-refractivity contribution in [2.75, 3.05) is 0 Å². The van der Waals surface area contributed by atoms with E-state index >= 15 is 0 Å². The number of carbonyl (C=O) groups is 1. The van der Waals surface area contributed by atoms with Gasteiger partial charge >= 0.3 is 0 Å². The van der Waals surface area contributed by atoms with Gasteiger partial charge in [-0.05, 0) is 35.8 Å². The monoisotopic (exact) mass is 262 g/mol. The van der Waals surface area contributed by atoms with Crippen LogP contribution in [0.3, 0.4) is 0 Å². The Balaban J connectivity index is 1.42. The summed E-state index contributed by atoms with van der Waals surface area (Å²) < 4.78 is 0. The van der Waals surface area contributed by atoms with Gasteiger partial charge < -0.3 is 0 Å². The van der Waals surface area contributed by atoms with Crippen LogP contribution in [-0.4, -0.2) is 5.78 Å². The van der Waals surface area contributed by atoms with Crippen LogP contribution in [0.2, 0.25) is 0 Å². The third-order valence-electron chi connectivity index (χ3n) is 4.77. The maximum Gasteiger partial charge on any atom is 0.140 e. The van der Waals surface area contributed by atoms with Gasteiger partial charge in [-0.2, -0.15) is 0 Å². The van der Waals surface area contributed by atoms with Crippen LogP contribution >= 0.6 is 0 Å². The molecule has 1 nitrogen and oxygen atoms in total. The lowest BCUT2D eigenvalue weighted by atomic mass is 10.0. The molecule has 4 atom stereocenters. The van der Waals surface area contributed by atoms with Crippen molar-refractivity contribution >= 4 is 5.78 Å². The van der Waals surface area contributed by atoms with Gasteiger partial charge in [0.1, 0.15) is 5.78 Å². The zero-order chi connectivity index (χ0) is 13.5. The normalized spacial score (nSPS) is 30.8. The van der Waals surface area contributed by atoms with Crippen molar-refractivity contribution in [1.82, 2.24) is 0 Å². The minimum Gasteiger partial charge on any atom is -0.299 e. The fourth-order valence-electron chi connectivity index (χ4n) is 3.43. The molecule has 2 aromatic rings. The number of benzene rings is 2. The van der Waals surface area contributed by atoms with E-state index in [-0.39, 0.29) is 11.8 Å². The van der Waals surface area contributed by atoms with Crippen molar-refractivity contribution in [1.29, 1.82) is 0 Å². The van der Waals surface area contributed by atoms with Crippen molar-refractivity contribution in [3.8, 4) is 0 Å². The SMILES string of the molecule is O=C([C@H]1C[C@@H]1c1ccccc1)[C@H]1C[C@@H]1c1ccccc1. The Labute approximate surface area is 119 Å². The molecule has 0 unspecified atom stereocenters. The number of Topliss-reactive ketones (excluding diaryl/α,β-unsaturated/α-hetero) is 1. The minimum absolute atomic E-state index is 0.288. The number of hydrogen-bond donors (Lipinski definition) is 0. The van der Waals surface area contributed by atoms with E-state index in [2.05, 4.69) is 48.5 Å². The molecule has 1 heteroatoms. The summed E-state index contributed by atoms with van der Waals surface area (Å²) in [4.78, 5) is 12.5. The third-order valence-corrected chi connectivity index (χ3v) is 4.77. The zero-order valence-corrected chi connectivity index (χ0v) is 11.4. The van der Waals surface area contributed by atoms with Crippen LogP contribution in [0.25, 0.3) is 0 Å². The van der Waals surface area contributed by atoms with Gasteiger partial charge in [-0.25, -0.2) is 0 Å². The van der Waals surface area contributed by atoms with Gasteiger partial charge in [0.2, 0.25) is 0 Å². The average molecular weight is 262 g/mol. The Morgan fingerprint density at radius 3 is 1.50 bits per heavy atom.